The summed E-state index contributed by atoms with van der Waals surface area (Å²) in [6.07, 6.45) is 0. The number of rotatable bonds is 0. The SMILES string of the molecule is CC1(C)c2cccc3cccc1c23. The molecular formula is C13H12. The summed E-state index contributed by atoms with van der Waals surface area (Å²) in [5.41, 5.74) is 3.28. The Morgan fingerprint density at radius 1 is 0.846 bits per heavy atom. The van der Waals surface area contributed by atoms with Crippen molar-refractivity contribution in [2.45, 2.75) is 19.3 Å². The Morgan fingerprint density at radius 2 is 1.38 bits per heavy atom. The van der Waals surface area contributed by atoms with E-state index in [1.54, 1.807) is 0 Å². The van der Waals surface area contributed by atoms with Gasteiger partial charge in [0.1, 0.15) is 0 Å². The van der Waals surface area contributed by atoms with E-state index >= 15 is 0 Å². The fraction of sp³-hybridized carbons (Fsp3) is 0.231. The highest BCUT2D eigenvalue weighted by molar-refractivity contribution is 5.97. The molecule has 0 heterocycles. The normalized spacial score (nSPS) is 17.1. The van der Waals surface area contributed by atoms with Crippen molar-refractivity contribution in [2.75, 3.05) is 0 Å². The molecule has 0 radical (unpaired) electrons. The van der Waals surface area contributed by atoms with Crippen LogP contribution < -0.4 is 0 Å². The van der Waals surface area contributed by atoms with Gasteiger partial charge >= 0.3 is 0 Å². The monoisotopic (exact) mass is 168 g/mol. The Balaban J connectivity index is 2.53. The molecule has 0 spiro atoms. The van der Waals surface area contributed by atoms with Gasteiger partial charge < -0.3 is 0 Å². The predicted molar refractivity (Wildman–Crippen MR) is 56.1 cm³/mol. The van der Waals surface area contributed by atoms with Crippen LogP contribution in [-0.2, 0) is 5.41 Å². The fourth-order valence-electron chi connectivity index (χ4n) is 2.47. The van der Waals surface area contributed by atoms with Crippen molar-refractivity contribution < 1.29 is 0 Å². The Hall–Kier alpha value is -1.30. The van der Waals surface area contributed by atoms with Gasteiger partial charge in [0.2, 0.25) is 0 Å². The highest BCUT2D eigenvalue weighted by Gasteiger charge is 2.35. The minimum atomic E-state index is 0.274. The highest BCUT2D eigenvalue weighted by atomic mass is 14.4. The summed E-state index contributed by atoms with van der Waals surface area (Å²) >= 11 is 0. The summed E-state index contributed by atoms with van der Waals surface area (Å²) in [4.78, 5) is 0. The predicted octanol–water partition coefficient (Wildman–Crippen LogP) is 3.48. The molecule has 0 amide bonds. The summed E-state index contributed by atoms with van der Waals surface area (Å²) in [6.45, 7) is 4.59. The molecule has 0 saturated carbocycles. The molecule has 0 aromatic heterocycles. The lowest BCUT2D eigenvalue weighted by Gasteiger charge is -2.38. The molecule has 0 unspecified atom stereocenters. The second kappa shape index (κ2) is 1.95. The van der Waals surface area contributed by atoms with Crippen LogP contribution in [0.25, 0.3) is 10.8 Å². The van der Waals surface area contributed by atoms with E-state index in [0.29, 0.717) is 0 Å². The first-order chi connectivity index (χ1) is 6.21. The zero-order valence-electron chi connectivity index (χ0n) is 7.96. The van der Waals surface area contributed by atoms with Crippen LogP contribution in [0.15, 0.2) is 36.4 Å². The van der Waals surface area contributed by atoms with Crippen molar-refractivity contribution in [3.05, 3.63) is 47.5 Å². The molecule has 0 N–H and O–H groups in total. The zero-order chi connectivity index (χ0) is 9.05. The van der Waals surface area contributed by atoms with Crippen LogP contribution in [0.1, 0.15) is 25.0 Å². The average Bonchev–Trinajstić information content (AvgIpc) is 2.16. The second-order valence-corrected chi connectivity index (χ2v) is 4.33. The first kappa shape index (κ1) is 7.14. The van der Waals surface area contributed by atoms with Crippen molar-refractivity contribution in [1.29, 1.82) is 0 Å². The van der Waals surface area contributed by atoms with Gasteiger partial charge in [-0.15, -0.1) is 0 Å². The van der Waals surface area contributed by atoms with E-state index in [-0.39, 0.29) is 5.41 Å². The van der Waals surface area contributed by atoms with Crippen molar-refractivity contribution in [1.82, 2.24) is 0 Å². The van der Waals surface area contributed by atoms with Gasteiger partial charge in [-0.05, 0) is 21.9 Å². The van der Waals surface area contributed by atoms with Gasteiger partial charge in [-0.1, -0.05) is 50.2 Å². The Bertz CT molecular complexity index is 452. The molecule has 13 heavy (non-hydrogen) atoms. The van der Waals surface area contributed by atoms with Gasteiger partial charge in [-0.25, -0.2) is 0 Å². The van der Waals surface area contributed by atoms with E-state index in [0.717, 1.165) is 0 Å². The maximum atomic E-state index is 2.30. The lowest BCUT2D eigenvalue weighted by Crippen LogP contribution is -2.28. The summed E-state index contributed by atoms with van der Waals surface area (Å²) in [6, 6.07) is 13.2. The maximum Gasteiger partial charge on any atom is 0.0159 e. The third-order valence-electron chi connectivity index (χ3n) is 3.25. The molecule has 0 saturated heterocycles. The van der Waals surface area contributed by atoms with Gasteiger partial charge in [0.15, 0.2) is 0 Å². The van der Waals surface area contributed by atoms with Crippen molar-refractivity contribution in [2.24, 2.45) is 0 Å². The molecule has 0 bridgehead atoms. The summed E-state index contributed by atoms with van der Waals surface area (Å²) in [7, 11) is 0. The van der Waals surface area contributed by atoms with Crippen LogP contribution in [0.4, 0.5) is 0 Å². The van der Waals surface area contributed by atoms with Crippen LogP contribution in [0.5, 0.6) is 0 Å². The molecule has 0 fully saturated rings. The molecule has 3 rings (SSSR count). The molecule has 0 nitrogen and oxygen atoms in total. The smallest absolute Gasteiger partial charge is 0.0159 e. The lowest BCUT2D eigenvalue weighted by atomic mass is 9.65. The summed E-state index contributed by atoms with van der Waals surface area (Å²) in [5.74, 6) is 0. The first-order valence-corrected chi connectivity index (χ1v) is 4.74. The number of hydrogen-bond donors (Lipinski definition) is 0. The van der Waals surface area contributed by atoms with Crippen molar-refractivity contribution in [3.63, 3.8) is 0 Å². The van der Waals surface area contributed by atoms with E-state index in [9.17, 15) is 0 Å². The minimum Gasteiger partial charge on any atom is -0.0613 e. The first-order valence-electron chi connectivity index (χ1n) is 4.74. The number of benzene rings is 2. The number of hydrogen-bond acceptors (Lipinski definition) is 0. The molecule has 64 valence electrons. The van der Waals surface area contributed by atoms with Gasteiger partial charge in [0.05, 0.1) is 0 Å². The summed E-state index contributed by atoms with van der Waals surface area (Å²) < 4.78 is 0. The van der Waals surface area contributed by atoms with Crippen molar-refractivity contribution >= 4 is 10.8 Å². The van der Waals surface area contributed by atoms with Gasteiger partial charge in [-0.2, -0.15) is 0 Å². The molecule has 0 heteroatoms. The fourth-order valence-corrected chi connectivity index (χ4v) is 2.47. The van der Waals surface area contributed by atoms with E-state index < -0.39 is 0 Å². The molecule has 1 aliphatic carbocycles. The summed E-state index contributed by atoms with van der Waals surface area (Å²) in [5, 5.41) is 2.87. The quantitative estimate of drug-likeness (QED) is 0.565. The second-order valence-electron chi connectivity index (χ2n) is 4.33. The average molecular weight is 168 g/mol. The van der Waals surface area contributed by atoms with Crippen LogP contribution in [-0.4, -0.2) is 0 Å². The van der Waals surface area contributed by atoms with Crippen LogP contribution in [0, 0.1) is 0 Å². The molecule has 0 aliphatic heterocycles. The third-order valence-corrected chi connectivity index (χ3v) is 3.25. The minimum absolute atomic E-state index is 0.274. The van der Waals surface area contributed by atoms with E-state index in [1.807, 2.05) is 0 Å². The maximum absolute atomic E-state index is 2.30. The molecule has 2 aromatic carbocycles. The molecule has 1 aliphatic rings. The van der Waals surface area contributed by atoms with E-state index in [4.69, 9.17) is 0 Å². The van der Waals surface area contributed by atoms with Crippen LogP contribution >= 0.6 is 0 Å². The van der Waals surface area contributed by atoms with Gasteiger partial charge in [0, 0.05) is 5.41 Å². The topological polar surface area (TPSA) is 0 Å². The highest BCUT2D eigenvalue weighted by Crippen LogP contribution is 2.48. The van der Waals surface area contributed by atoms with Gasteiger partial charge in [-0.3, -0.25) is 0 Å². The Morgan fingerprint density at radius 3 is 1.92 bits per heavy atom. The van der Waals surface area contributed by atoms with Gasteiger partial charge in [0.25, 0.3) is 0 Å². The van der Waals surface area contributed by atoms with Crippen LogP contribution in [0.3, 0.4) is 0 Å². The Kier molecular flexibility index (Phi) is 1.07. The zero-order valence-corrected chi connectivity index (χ0v) is 7.96. The standard InChI is InChI=1S/C13H12/c1-13(2)10-7-3-5-9-6-4-8-11(13)12(9)10/h3-8H,1-2H3. The molecular weight excluding hydrogens is 156 g/mol. The van der Waals surface area contributed by atoms with Crippen LogP contribution in [0.2, 0.25) is 0 Å². The third kappa shape index (κ3) is 0.673. The largest absolute Gasteiger partial charge is 0.0613 e. The van der Waals surface area contributed by atoms with E-state index in [1.165, 1.54) is 21.9 Å². The molecule has 0 atom stereocenters. The van der Waals surface area contributed by atoms with E-state index in [2.05, 4.69) is 50.2 Å². The Labute approximate surface area is 78.2 Å². The lowest BCUT2D eigenvalue weighted by molar-refractivity contribution is 0.620. The van der Waals surface area contributed by atoms with Crippen molar-refractivity contribution in [3.8, 4) is 0 Å². The molecule has 2 aromatic rings.